The third kappa shape index (κ3) is 6.35. The highest BCUT2D eigenvalue weighted by Crippen LogP contribution is 2.30. The van der Waals surface area contributed by atoms with Gasteiger partial charge in [-0.3, -0.25) is 9.59 Å². The van der Waals surface area contributed by atoms with Gasteiger partial charge in [-0.15, -0.1) is 11.3 Å². The molecular weight excluding hydrogens is 482 g/mol. The lowest BCUT2D eigenvalue weighted by Crippen LogP contribution is -2.48. The molecule has 1 N–H and O–H groups in total. The molecule has 1 aliphatic rings. The van der Waals surface area contributed by atoms with Crippen LogP contribution in [0.25, 0.3) is 0 Å². The van der Waals surface area contributed by atoms with Crippen molar-refractivity contribution in [1.82, 2.24) is 4.90 Å². The van der Waals surface area contributed by atoms with Crippen molar-refractivity contribution in [2.75, 3.05) is 43.0 Å². The number of benzene rings is 2. The SMILES string of the molecule is CC(C)(C)c1ccc(OCC(=O)Nc2ccc(N3CCN(C(=O)c4cccs4)CC3)c(Cl)c2)cc1. The molecule has 35 heavy (non-hydrogen) atoms. The highest BCUT2D eigenvalue weighted by atomic mass is 35.5. The molecule has 4 rings (SSSR count). The molecule has 3 aromatic rings. The van der Waals surface area contributed by atoms with E-state index >= 15 is 0 Å². The third-order valence-corrected chi connectivity index (χ3v) is 7.12. The number of halogens is 1. The van der Waals surface area contributed by atoms with Crippen molar-refractivity contribution < 1.29 is 14.3 Å². The summed E-state index contributed by atoms with van der Waals surface area (Å²) < 4.78 is 5.63. The van der Waals surface area contributed by atoms with E-state index in [1.807, 2.05) is 58.8 Å². The summed E-state index contributed by atoms with van der Waals surface area (Å²) in [6.45, 7) is 9.04. The van der Waals surface area contributed by atoms with Crippen LogP contribution in [0, 0.1) is 0 Å². The second-order valence-electron chi connectivity index (χ2n) is 9.53. The lowest BCUT2D eigenvalue weighted by Gasteiger charge is -2.36. The average molecular weight is 512 g/mol. The molecule has 2 aromatic carbocycles. The van der Waals surface area contributed by atoms with Crippen LogP contribution in [0.3, 0.4) is 0 Å². The number of nitrogens with zero attached hydrogens (tertiary/aromatic N) is 2. The van der Waals surface area contributed by atoms with E-state index in [0.717, 1.165) is 10.6 Å². The Bertz CT molecular complexity index is 1170. The number of ether oxygens (including phenoxy) is 1. The summed E-state index contributed by atoms with van der Waals surface area (Å²) in [5, 5.41) is 5.31. The molecule has 2 heterocycles. The number of anilines is 2. The van der Waals surface area contributed by atoms with Crippen LogP contribution in [-0.4, -0.2) is 49.5 Å². The lowest BCUT2D eigenvalue weighted by molar-refractivity contribution is -0.118. The molecule has 0 unspecified atom stereocenters. The fourth-order valence-corrected chi connectivity index (χ4v) is 4.94. The molecule has 0 saturated carbocycles. The zero-order valence-electron chi connectivity index (χ0n) is 20.2. The quantitative estimate of drug-likeness (QED) is 0.462. The number of piperazine rings is 1. The molecule has 1 aliphatic heterocycles. The fourth-order valence-electron chi connectivity index (χ4n) is 3.94. The summed E-state index contributed by atoms with van der Waals surface area (Å²) in [6, 6.07) is 17.0. The van der Waals surface area contributed by atoms with Crippen LogP contribution in [0.4, 0.5) is 11.4 Å². The van der Waals surface area contributed by atoms with Gasteiger partial charge in [-0.1, -0.05) is 50.6 Å². The van der Waals surface area contributed by atoms with Gasteiger partial charge in [0.1, 0.15) is 5.75 Å². The Kier molecular flexibility index (Phi) is 7.67. The van der Waals surface area contributed by atoms with Crippen molar-refractivity contribution in [3.05, 3.63) is 75.4 Å². The lowest BCUT2D eigenvalue weighted by atomic mass is 9.87. The highest BCUT2D eigenvalue weighted by Gasteiger charge is 2.24. The smallest absolute Gasteiger partial charge is 0.264 e. The summed E-state index contributed by atoms with van der Waals surface area (Å²) in [7, 11) is 0. The van der Waals surface area contributed by atoms with E-state index in [4.69, 9.17) is 16.3 Å². The first-order valence-electron chi connectivity index (χ1n) is 11.6. The van der Waals surface area contributed by atoms with E-state index in [1.54, 1.807) is 6.07 Å². The van der Waals surface area contributed by atoms with Crippen molar-refractivity contribution in [3.8, 4) is 5.75 Å². The zero-order valence-corrected chi connectivity index (χ0v) is 21.8. The second kappa shape index (κ2) is 10.7. The van der Waals surface area contributed by atoms with Gasteiger partial charge < -0.3 is 19.9 Å². The van der Waals surface area contributed by atoms with Crippen LogP contribution >= 0.6 is 22.9 Å². The van der Waals surface area contributed by atoms with Crippen molar-refractivity contribution in [1.29, 1.82) is 0 Å². The normalized spacial score (nSPS) is 14.1. The minimum atomic E-state index is -0.255. The van der Waals surface area contributed by atoms with Crippen LogP contribution in [0.15, 0.2) is 60.0 Å². The monoisotopic (exact) mass is 511 g/mol. The Morgan fingerprint density at radius 1 is 1.03 bits per heavy atom. The van der Waals surface area contributed by atoms with Crippen molar-refractivity contribution in [2.24, 2.45) is 0 Å². The number of amides is 2. The largest absolute Gasteiger partial charge is 0.484 e. The molecule has 0 radical (unpaired) electrons. The molecule has 1 saturated heterocycles. The molecule has 0 bridgehead atoms. The van der Waals surface area contributed by atoms with Crippen LogP contribution in [-0.2, 0) is 10.2 Å². The molecule has 1 aromatic heterocycles. The van der Waals surface area contributed by atoms with Gasteiger partial charge in [0, 0.05) is 31.9 Å². The first-order valence-corrected chi connectivity index (χ1v) is 12.9. The van der Waals surface area contributed by atoms with E-state index < -0.39 is 0 Å². The number of hydrogen-bond acceptors (Lipinski definition) is 5. The van der Waals surface area contributed by atoms with Gasteiger partial charge in [-0.25, -0.2) is 0 Å². The first-order chi connectivity index (χ1) is 16.7. The maximum absolute atomic E-state index is 12.6. The Balaban J connectivity index is 1.28. The number of carbonyl (C=O) groups is 2. The van der Waals surface area contributed by atoms with E-state index in [2.05, 4.69) is 31.0 Å². The minimum absolute atomic E-state index is 0.0660. The molecule has 0 atom stereocenters. The van der Waals surface area contributed by atoms with Gasteiger partial charge in [0.05, 0.1) is 15.6 Å². The second-order valence-corrected chi connectivity index (χ2v) is 10.9. The predicted octanol–water partition coefficient (Wildman–Crippen LogP) is 5.68. The molecule has 2 amide bonds. The van der Waals surface area contributed by atoms with Crippen LogP contribution in [0.1, 0.15) is 36.0 Å². The molecule has 6 nitrogen and oxygen atoms in total. The molecule has 8 heteroatoms. The Morgan fingerprint density at radius 3 is 2.34 bits per heavy atom. The number of carbonyl (C=O) groups excluding carboxylic acids is 2. The summed E-state index contributed by atoms with van der Waals surface area (Å²) in [6.07, 6.45) is 0. The summed E-state index contributed by atoms with van der Waals surface area (Å²) in [5.41, 5.74) is 2.78. The standard InChI is InChI=1S/C27H30ClN3O3S/c1-27(2,3)19-6-9-21(10-7-19)34-18-25(32)29-20-8-11-23(22(28)17-20)30-12-14-31(15-13-30)26(33)24-5-4-16-35-24/h4-11,16-17H,12-15,18H2,1-3H3,(H,29,32). The van der Waals surface area contributed by atoms with Gasteiger partial charge in [-0.05, 0) is 52.8 Å². The van der Waals surface area contributed by atoms with E-state index in [1.165, 1.54) is 16.9 Å². The maximum atomic E-state index is 12.6. The number of hydrogen-bond donors (Lipinski definition) is 1. The van der Waals surface area contributed by atoms with Gasteiger partial charge in [0.2, 0.25) is 0 Å². The summed E-state index contributed by atoms with van der Waals surface area (Å²) >= 11 is 8.01. The highest BCUT2D eigenvalue weighted by molar-refractivity contribution is 7.12. The summed E-state index contributed by atoms with van der Waals surface area (Å²) in [4.78, 5) is 29.7. The van der Waals surface area contributed by atoms with Crippen molar-refractivity contribution in [3.63, 3.8) is 0 Å². The average Bonchev–Trinajstić information content (AvgIpc) is 3.37. The number of thiophene rings is 1. The first kappa shape index (κ1) is 25.1. The minimum Gasteiger partial charge on any atom is -0.484 e. The molecular formula is C27H30ClN3O3S. The summed E-state index contributed by atoms with van der Waals surface area (Å²) in [5.74, 6) is 0.476. The van der Waals surface area contributed by atoms with Crippen LogP contribution in [0.5, 0.6) is 5.75 Å². The van der Waals surface area contributed by atoms with Crippen LogP contribution in [0.2, 0.25) is 5.02 Å². The zero-order chi connectivity index (χ0) is 25.0. The van der Waals surface area contributed by atoms with Crippen molar-refractivity contribution in [2.45, 2.75) is 26.2 Å². The van der Waals surface area contributed by atoms with Crippen molar-refractivity contribution >= 4 is 46.1 Å². The van der Waals surface area contributed by atoms with Gasteiger partial charge in [0.15, 0.2) is 6.61 Å². The molecule has 0 aliphatic carbocycles. The topological polar surface area (TPSA) is 61.9 Å². The van der Waals surface area contributed by atoms with Gasteiger partial charge >= 0.3 is 0 Å². The van der Waals surface area contributed by atoms with E-state index in [-0.39, 0.29) is 23.8 Å². The molecule has 1 fully saturated rings. The van der Waals surface area contributed by atoms with E-state index in [9.17, 15) is 9.59 Å². The Morgan fingerprint density at radius 2 is 1.74 bits per heavy atom. The Hall–Kier alpha value is -3.03. The Labute approximate surface area is 215 Å². The van der Waals surface area contributed by atoms with Gasteiger partial charge in [0.25, 0.3) is 11.8 Å². The van der Waals surface area contributed by atoms with E-state index in [0.29, 0.717) is 42.6 Å². The number of nitrogens with one attached hydrogen (secondary N) is 1. The molecule has 0 spiro atoms. The third-order valence-electron chi connectivity index (χ3n) is 5.96. The van der Waals surface area contributed by atoms with Crippen LogP contribution < -0.4 is 15.0 Å². The molecule has 184 valence electrons. The maximum Gasteiger partial charge on any atom is 0.264 e. The number of rotatable bonds is 6. The predicted molar refractivity (Wildman–Crippen MR) is 143 cm³/mol. The van der Waals surface area contributed by atoms with Gasteiger partial charge in [-0.2, -0.15) is 0 Å². The fraction of sp³-hybridized carbons (Fsp3) is 0.333.